The Bertz CT molecular complexity index is 465. The molecule has 3 rings (SSSR count). The van der Waals surface area contributed by atoms with Gasteiger partial charge in [-0.2, -0.15) is 0 Å². The fraction of sp³-hybridized carbons (Fsp3) is 0.143. The topological polar surface area (TPSA) is 76.1 Å². The van der Waals surface area contributed by atoms with Crippen LogP contribution in [-0.2, 0) is 0 Å². The van der Waals surface area contributed by atoms with E-state index >= 15 is 0 Å². The number of para-hydroxylation sites is 4. The van der Waals surface area contributed by atoms with Crippen LogP contribution in [0, 0.1) is 0 Å². The summed E-state index contributed by atoms with van der Waals surface area (Å²) in [6.07, 6.45) is 0. The van der Waals surface area contributed by atoms with Crippen LogP contribution in [0.5, 0.6) is 0 Å². The molecule has 0 aliphatic carbocycles. The molecule has 6 N–H and O–H groups in total. The molecule has 18 heavy (non-hydrogen) atoms. The van der Waals surface area contributed by atoms with Crippen molar-refractivity contribution in [1.82, 2.24) is 0 Å². The maximum Gasteiger partial charge on any atom is 0.0576 e. The molecule has 4 heteroatoms. The lowest BCUT2D eigenvalue weighted by Crippen LogP contribution is -2.19. The minimum atomic E-state index is 0.646. The minimum absolute atomic E-state index is 0.646. The standard InChI is InChI=1S/C8H10N2.C6H8N2/c1-2-4-8-7(3-1)9-5-6-10-8;7-5-3-1-2-4-6(5)8/h1-4,9-10H,5-6H2;1-4H,7-8H2. The number of hydrogen-bond acceptors (Lipinski definition) is 4. The van der Waals surface area contributed by atoms with Crippen LogP contribution < -0.4 is 22.1 Å². The molecule has 1 aliphatic rings. The number of anilines is 4. The summed E-state index contributed by atoms with van der Waals surface area (Å²) >= 11 is 0. The lowest BCUT2D eigenvalue weighted by atomic mass is 10.2. The Morgan fingerprint density at radius 2 is 1.06 bits per heavy atom. The third kappa shape index (κ3) is 3.07. The van der Waals surface area contributed by atoms with Gasteiger partial charge < -0.3 is 22.1 Å². The normalized spacial score (nSPS) is 12.2. The van der Waals surface area contributed by atoms with Crippen LogP contribution in [0.25, 0.3) is 0 Å². The Labute approximate surface area is 107 Å². The van der Waals surface area contributed by atoms with Gasteiger partial charge >= 0.3 is 0 Å². The molecule has 1 aliphatic heterocycles. The number of nitrogens with one attached hydrogen (secondary N) is 2. The molecule has 1 heterocycles. The fourth-order valence-corrected chi connectivity index (χ4v) is 1.70. The lowest BCUT2D eigenvalue weighted by molar-refractivity contribution is 1.05. The molecular formula is C14H18N4. The molecule has 0 aromatic heterocycles. The highest BCUT2D eigenvalue weighted by molar-refractivity contribution is 5.70. The Morgan fingerprint density at radius 3 is 1.44 bits per heavy atom. The number of hydrogen-bond donors (Lipinski definition) is 4. The first kappa shape index (κ1) is 12.1. The maximum absolute atomic E-state index is 5.39. The zero-order chi connectivity index (χ0) is 12.8. The third-order valence-electron chi connectivity index (χ3n) is 2.68. The van der Waals surface area contributed by atoms with Crippen molar-refractivity contribution in [3.05, 3.63) is 48.5 Å². The summed E-state index contributed by atoms with van der Waals surface area (Å²) in [5, 5.41) is 6.60. The van der Waals surface area contributed by atoms with Crippen molar-refractivity contribution < 1.29 is 0 Å². The van der Waals surface area contributed by atoms with Crippen LogP contribution in [0.3, 0.4) is 0 Å². The first-order valence-corrected chi connectivity index (χ1v) is 5.94. The van der Waals surface area contributed by atoms with E-state index in [1.807, 2.05) is 24.3 Å². The highest BCUT2D eigenvalue weighted by Crippen LogP contribution is 2.22. The molecule has 4 nitrogen and oxygen atoms in total. The van der Waals surface area contributed by atoms with E-state index in [0.717, 1.165) is 13.1 Å². The van der Waals surface area contributed by atoms with Gasteiger partial charge in [0.2, 0.25) is 0 Å². The van der Waals surface area contributed by atoms with Crippen LogP contribution in [0.4, 0.5) is 22.7 Å². The molecule has 0 bridgehead atoms. The predicted octanol–water partition coefficient (Wildman–Crippen LogP) is 2.38. The molecule has 0 saturated carbocycles. The van der Waals surface area contributed by atoms with Gasteiger partial charge in [-0.15, -0.1) is 0 Å². The minimum Gasteiger partial charge on any atom is -0.397 e. The summed E-state index contributed by atoms with van der Waals surface area (Å²) in [4.78, 5) is 0. The third-order valence-corrected chi connectivity index (χ3v) is 2.68. The number of benzene rings is 2. The number of nitrogens with two attached hydrogens (primary N) is 2. The number of fused-ring (bicyclic) bond motifs is 1. The van der Waals surface area contributed by atoms with E-state index < -0.39 is 0 Å². The Morgan fingerprint density at radius 1 is 0.667 bits per heavy atom. The van der Waals surface area contributed by atoms with Crippen molar-refractivity contribution in [2.45, 2.75) is 0 Å². The van der Waals surface area contributed by atoms with Gasteiger partial charge in [-0.1, -0.05) is 24.3 Å². The molecule has 94 valence electrons. The van der Waals surface area contributed by atoms with Crippen LogP contribution in [0.1, 0.15) is 0 Å². The van der Waals surface area contributed by atoms with Gasteiger partial charge in [0.15, 0.2) is 0 Å². The van der Waals surface area contributed by atoms with Gasteiger partial charge in [0.25, 0.3) is 0 Å². The fourth-order valence-electron chi connectivity index (χ4n) is 1.70. The molecule has 2 aromatic carbocycles. The molecule has 0 unspecified atom stereocenters. The first-order chi connectivity index (χ1) is 8.77. The van der Waals surface area contributed by atoms with Gasteiger partial charge in [0, 0.05) is 13.1 Å². The van der Waals surface area contributed by atoms with Crippen LogP contribution >= 0.6 is 0 Å². The van der Waals surface area contributed by atoms with Crippen molar-refractivity contribution >= 4 is 22.7 Å². The summed E-state index contributed by atoms with van der Waals surface area (Å²) in [7, 11) is 0. The molecule has 0 atom stereocenters. The average Bonchev–Trinajstić information content (AvgIpc) is 2.43. The molecular weight excluding hydrogens is 224 g/mol. The van der Waals surface area contributed by atoms with Crippen molar-refractivity contribution in [2.24, 2.45) is 0 Å². The quantitative estimate of drug-likeness (QED) is 0.535. The molecule has 2 aromatic rings. The van der Waals surface area contributed by atoms with E-state index in [1.54, 1.807) is 12.1 Å². The average molecular weight is 242 g/mol. The highest BCUT2D eigenvalue weighted by Gasteiger charge is 2.03. The monoisotopic (exact) mass is 242 g/mol. The van der Waals surface area contributed by atoms with Gasteiger partial charge in [-0.3, -0.25) is 0 Å². The van der Waals surface area contributed by atoms with Gasteiger partial charge in [-0.25, -0.2) is 0 Å². The summed E-state index contributed by atoms with van der Waals surface area (Å²) in [5.74, 6) is 0. The SMILES string of the molecule is Nc1ccccc1N.c1ccc2c(c1)NCCN2. The zero-order valence-corrected chi connectivity index (χ0v) is 10.2. The molecule has 0 radical (unpaired) electrons. The number of nitrogen functional groups attached to an aromatic ring is 2. The summed E-state index contributed by atoms with van der Waals surface area (Å²) in [5.41, 5.74) is 14.5. The van der Waals surface area contributed by atoms with Crippen molar-refractivity contribution in [3.8, 4) is 0 Å². The van der Waals surface area contributed by atoms with Gasteiger partial charge in [0.1, 0.15) is 0 Å². The van der Waals surface area contributed by atoms with Crippen molar-refractivity contribution in [1.29, 1.82) is 0 Å². The van der Waals surface area contributed by atoms with Crippen molar-refractivity contribution in [3.63, 3.8) is 0 Å². The summed E-state index contributed by atoms with van der Waals surface area (Å²) in [6.45, 7) is 2.05. The lowest BCUT2D eigenvalue weighted by Gasteiger charge is -2.18. The van der Waals surface area contributed by atoms with Crippen LogP contribution in [-0.4, -0.2) is 13.1 Å². The first-order valence-electron chi connectivity index (χ1n) is 5.94. The molecule has 0 saturated heterocycles. The summed E-state index contributed by atoms with van der Waals surface area (Å²) < 4.78 is 0. The van der Waals surface area contributed by atoms with E-state index in [4.69, 9.17) is 11.5 Å². The second-order valence-electron chi connectivity index (χ2n) is 4.03. The number of rotatable bonds is 0. The second kappa shape index (κ2) is 5.82. The Balaban J connectivity index is 0.000000138. The molecule has 0 amide bonds. The largest absolute Gasteiger partial charge is 0.397 e. The van der Waals surface area contributed by atoms with Crippen molar-refractivity contribution in [2.75, 3.05) is 35.2 Å². The predicted molar refractivity (Wildman–Crippen MR) is 78.7 cm³/mol. The van der Waals surface area contributed by atoms with Crippen LogP contribution in [0.15, 0.2) is 48.5 Å². The van der Waals surface area contributed by atoms with E-state index in [2.05, 4.69) is 22.8 Å². The Kier molecular flexibility index (Phi) is 3.91. The second-order valence-corrected chi connectivity index (χ2v) is 4.03. The van der Waals surface area contributed by atoms with Gasteiger partial charge in [0.05, 0.1) is 22.7 Å². The van der Waals surface area contributed by atoms with Crippen LogP contribution in [0.2, 0.25) is 0 Å². The Hall–Kier alpha value is -2.36. The van der Waals surface area contributed by atoms with E-state index in [-0.39, 0.29) is 0 Å². The van der Waals surface area contributed by atoms with E-state index in [0.29, 0.717) is 11.4 Å². The highest BCUT2D eigenvalue weighted by atomic mass is 15.0. The van der Waals surface area contributed by atoms with E-state index in [1.165, 1.54) is 11.4 Å². The van der Waals surface area contributed by atoms with Gasteiger partial charge in [-0.05, 0) is 24.3 Å². The molecule has 0 fully saturated rings. The molecule has 0 spiro atoms. The zero-order valence-electron chi connectivity index (χ0n) is 10.2. The smallest absolute Gasteiger partial charge is 0.0576 e. The maximum atomic E-state index is 5.39. The van der Waals surface area contributed by atoms with E-state index in [9.17, 15) is 0 Å². The summed E-state index contributed by atoms with van der Waals surface area (Å²) in [6, 6.07) is 15.5.